The van der Waals surface area contributed by atoms with Gasteiger partial charge in [-0.05, 0) is 0 Å². The van der Waals surface area contributed by atoms with E-state index in [1.54, 1.807) is 0 Å². The highest BCUT2D eigenvalue weighted by Gasteiger charge is 1.56. The Kier molecular flexibility index (Phi) is 88.8. The van der Waals surface area contributed by atoms with Gasteiger partial charge in [0.1, 0.15) is 4.32 Å². The lowest BCUT2D eigenvalue weighted by molar-refractivity contribution is 0.823. The summed E-state index contributed by atoms with van der Waals surface area (Å²) in [5.74, 6) is 0. The van der Waals surface area contributed by atoms with Crippen molar-refractivity contribution in [3.63, 3.8) is 0 Å². The van der Waals surface area contributed by atoms with Crippen molar-refractivity contribution >= 4 is 29.2 Å². The summed E-state index contributed by atoms with van der Waals surface area (Å²) >= 11 is 7.65. The highest BCUT2D eigenvalue weighted by molar-refractivity contribution is 8.10. The molecule has 0 aliphatic heterocycles. The van der Waals surface area contributed by atoms with E-state index < -0.39 is 0 Å². The second kappa shape index (κ2) is 32.1. The molecule has 0 aromatic rings. The Bertz CT molecular complexity index is 57.7. The van der Waals surface area contributed by atoms with Crippen LogP contribution in [0.15, 0.2) is 0 Å². The molecule has 0 bridgehead atoms. The van der Waals surface area contributed by atoms with Crippen LogP contribution in [0.4, 0.5) is 0 Å². The van der Waals surface area contributed by atoms with E-state index in [9.17, 15) is 0 Å². The highest BCUT2D eigenvalue weighted by Crippen LogP contribution is 1.76. The van der Waals surface area contributed by atoms with Crippen LogP contribution < -0.4 is 5.73 Å². The predicted molar refractivity (Wildman–Crippen MR) is 57.2 cm³/mol. The molecular formula is C5H19NO3S2. The Labute approximate surface area is 78.5 Å². The standard InChI is InChI=1S/C4H10.CH3NS2.3H2O/c1-3-4-2;2-1(3)4;;;/h3-4H2,1-2H3;(H3,2,3,4);3*1H2. The van der Waals surface area contributed by atoms with Crippen molar-refractivity contribution in [3.05, 3.63) is 0 Å². The summed E-state index contributed by atoms with van der Waals surface area (Å²) in [6, 6.07) is 0. The Morgan fingerprint density at radius 1 is 1.18 bits per heavy atom. The van der Waals surface area contributed by atoms with Crippen LogP contribution in [0.1, 0.15) is 26.7 Å². The smallest absolute Gasteiger partial charge is 0.128 e. The quantitative estimate of drug-likeness (QED) is 0.442. The van der Waals surface area contributed by atoms with Crippen molar-refractivity contribution in [3.8, 4) is 0 Å². The minimum Gasteiger partial charge on any atom is -0.412 e. The first-order chi connectivity index (χ1) is 3.65. The third kappa shape index (κ3) is 532. The molecule has 0 fully saturated rings. The van der Waals surface area contributed by atoms with Crippen molar-refractivity contribution in [2.24, 2.45) is 5.73 Å². The van der Waals surface area contributed by atoms with Crippen LogP contribution in [0.5, 0.6) is 0 Å². The molecule has 0 aliphatic carbocycles. The minimum absolute atomic E-state index is 0. The lowest BCUT2D eigenvalue weighted by Crippen LogP contribution is -1.94. The largest absolute Gasteiger partial charge is 0.412 e. The average Bonchev–Trinajstić information content (AvgIpc) is 1.65. The fourth-order valence-corrected chi connectivity index (χ4v) is 0. The zero-order valence-corrected chi connectivity index (χ0v) is 8.56. The monoisotopic (exact) mass is 205 g/mol. The second-order valence-corrected chi connectivity index (χ2v) is 2.56. The maximum atomic E-state index is 4.71. The number of hydrogen-bond donors (Lipinski definition) is 2. The topological polar surface area (TPSA) is 121 Å². The molecule has 8 N–H and O–H groups in total. The molecule has 0 aromatic carbocycles. The zero-order chi connectivity index (χ0) is 6.99. The van der Waals surface area contributed by atoms with Crippen molar-refractivity contribution in [1.82, 2.24) is 0 Å². The summed E-state index contributed by atoms with van der Waals surface area (Å²) < 4.78 is 0.194. The van der Waals surface area contributed by atoms with Crippen LogP contribution in [0.3, 0.4) is 0 Å². The number of nitrogens with two attached hydrogens (primary N) is 1. The van der Waals surface area contributed by atoms with Crippen molar-refractivity contribution in [1.29, 1.82) is 0 Å². The van der Waals surface area contributed by atoms with E-state index >= 15 is 0 Å². The van der Waals surface area contributed by atoms with Gasteiger partial charge in [0.2, 0.25) is 0 Å². The first-order valence-corrected chi connectivity index (χ1v) is 3.49. The molecule has 0 unspecified atom stereocenters. The Hall–Kier alpha value is 0.120. The van der Waals surface area contributed by atoms with Crippen LogP contribution in [0.2, 0.25) is 0 Å². The zero-order valence-electron chi connectivity index (χ0n) is 6.85. The molecule has 0 amide bonds. The number of hydrogen-bond acceptors (Lipinski definition) is 1. The van der Waals surface area contributed by atoms with Gasteiger partial charge in [-0.15, -0.1) is 12.6 Å². The number of thiocarbonyl (C=S) groups is 1. The molecule has 0 saturated heterocycles. The van der Waals surface area contributed by atoms with E-state index in [0.717, 1.165) is 0 Å². The molecule has 0 spiro atoms. The van der Waals surface area contributed by atoms with Gasteiger partial charge >= 0.3 is 0 Å². The summed E-state index contributed by atoms with van der Waals surface area (Å²) in [6.07, 6.45) is 2.64. The van der Waals surface area contributed by atoms with Gasteiger partial charge in [0.15, 0.2) is 0 Å². The van der Waals surface area contributed by atoms with Gasteiger partial charge in [-0.25, -0.2) is 0 Å². The molecule has 74 valence electrons. The Morgan fingerprint density at radius 2 is 1.27 bits per heavy atom. The van der Waals surface area contributed by atoms with Gasteiger partial charge in [-0.3, -0.25) is 0 Å². The van der Waals surface area contributed by atoms with E-state index in [-0.39, 0.29) is 20.7 Å². The van der Waals surface area contributed by atoms with Crippen molar-refractivity contribution in [2.75, 3.05) is 0 Å². The second-order valence-electron chi connectivity index (χ2n) is 1.34. The molecule has 0 rings (SSSR count). The molecule has 0 heterocycles. The maximum Gasteiger partial charge on any atom is 0.128 e. The molecule has 0 atom stereocenters. The lowest BCUT2D eigenvalue weighted by atomic mass is 10.4. The van der Waals surface area contributed by atoms with Gasteiger partial charge < -0.3 is 22.2 Å². The predicted octanol–water partition coefficient (Wildman–Crippen LogP) is -0.508. The van der Waals surface area contributed by atoms with Crippen LogP contribution in [0.25, 0.3) is 0 Å². The fourth-order valence-electron chi connectivity index (χ4n) is 0. The van der Waals surface area contributed by atoms with Crippen molar-refractivity contribution < 1.29 is 16.4 Å². The van der Waals surface area contributed by atoms with Crippen LogP contribution in [-0.2, 0) is 0 Å². The number of rotatable bonds is 1. The van der Waals surface area contributed by atoms with E-state index in [0.29, 0.717) is 0 Å². The maximum absolute atomic E-state index is 4.71. The SMILES string of the molecule is CCCC.NC(=S)S.O.O.O. The molecule has 0 radical (unpaired) electrons. The molecule has 4 nitrogen and oxygen atoms in total. The van der Waals surface area contributed by atoms with E-state index in [1.807, 2.05) is 0 Å². The minimum atomic E-state index is 0. The van der Waals surface area contributed by atoms with E-state index in [4.69, 9.17) is 5.73 Å². The first kappa shape index (κ1) is 30.4. The van der Waals surface area contributed by atoms with E-state index in [1.165, 1.54) is 12.8 Å². The molecule has 0 aliphatic rings. The highest BCUT2D eigenvalue weighted by atomic mass is 32.1. The van der Waals surface area contributed by atoms with Crippen LogP contribution in [0, 0.1) is 0 Å². The van der Waals surface area contributed by atoms with Crippen molar-refractivity contribution in [2.45, 2.75) is 26.7 Å². The van der Waals surface area contributed by atoms with Gasteiger partial charge in [0, 0.05) is 0 Å². The Morgan fingerprint density at radius 3 is 1.27 bits per heavy atom. The van der Waals surface area contributed by atoms with Gasteiger partial charge in [0.25, 0.3) is 0 Å². The Balaban J connectivity index is -0.0000000171. The molecule has 6 heteroatoms. The number of thiol groups is 1. The lowest BCUT2D eigenvalue weighted by Gasteiger charge is -1.68. The summed E-state index contributed by atoms with van der Waals surface area (Å²) in [6.45, 7) is 4.36. The molecule has 0 saturated carbocycles. The molecule has 11 heavy (non-hydrogen) atoms. The van der Waals surface area contributed by atoms with Crippen LogP contribution >= 0.6 is 24.8 Å². The first-order valence-electron chi connectivity index (χ1n) is 2.63. The summed E-state index contributed by atoms with van der Waals surface area (Å²) in [7, 11) is 0. The summed E-state index contributed by atoms with van der Waals surface area (Å²) in [5, 5.41) is 0. The number of unbranched alkanes of at least 4 members (excludes halogenated alkanes) is 1. The summed E-state index contributed by atoms with van der Waals surface area (Å²) in [5.41, 5.74) is 4.71. The van der Waals surface area contributed by atoms with Gasteiger partial charge in [-0.1, -0.05) is 38.9 Å². The normalized spacial score (nSPS) is 5.00. The molecule has 0 aromatic heterocycles. The van der Waals surface area contributed by atoms with E-state index in [2.05, 4.69) is 38.7 Å². The van der Waals surface area contributed by atoms with Crippen LogP contribution in [-0.4, -0.2) is 20.7 Å². The fraction of sp³-hybridized carbons (Fsp3) is 0.800. The third-order valence-corrected chi connectivity index (χ3v) is 0.500. The van der Waals surface area contributed by atoms with Gasteiger partial charge in [-0.2, -0.15) is 0 Å². The molecular weight excluding hydrogens is 186 g/mol. The average molecular weight is 205 g/mol. The summed E-state index contributed by atoms with van der Waals surface area (Å²) in [4.78, 5) is 0. The van der Waals surface area contributed by atoms with Gasteiger partial charge in [0.05, 0.1) is 0 Å². The third-order valence-electron chi connectivity index (χ3n) is 0.500.